The third-order valence-corrected chi connectivity index (χ3v) is 4.46. The molecule has 9 nitrogen and oxygen atoms in total. The Morgan fingerprint density at radius 1 is 1.16 bits per heavy atom. The number of aromatic nitrogens is 4. The summed E-state index contributed by atoms with van der Waals surface area (Å²) in [7, 11) is 2.90. The Kier molecular flexibility index (Phi) is 4.13. The molecule has 0 amide bonds. The fraction of sp³-hybridized carbons (Fsp3) is 0.200. The van der Waals surface area contributed by atoms with Gasteiger partial charge in [0.15, 0.2) is 11.5 Å². The summed E-state index contributed by atoms with van der Waals surface area (Å²) in [6.07, 6.45) is 1.75. The molecule has 0 unspecified atom stereocenters. The molecule has 0 aliphatic rings. The highest BCUT2D eigenvalue weighted by Gasteiger charge is 2.18. The minimum absolute atomic E-state index is 0.0928. The molecule has 3 aromatic rings. The van der Waals surface area contributed by atoms with Crippen molar-refractivity contribution in [3.63, 3.8) is 0 Å². The largest absolute Gasteiger partial charge is 0.332 e. The van der Waals surface area contributed by atoms with Gasteiger partial charge in [0.2, 0.25) is 0 Å². The van der Waals surface area contributed by atoms with Crippen molar-refractivity contribution < 1.29 is 4.92 Å². The number of benzene rings is 1. The van der Waals surface area contributed by atoms with Crippen LogP contribution in [0.4, 0.5) is 5.69 Å². The van der Waals surface area contributed by atoms with E-state index in [2.05, 4.69) is 9.97 Å². The topological polar surface area (TPSA) is 113 Å². The first kappa shape index (κ1) is 16.8. The number of nitrogens with zero attached hydrogens (tertiary/aromatic N) is 5. The lowest BCUT2D eigenvalue weighted by Gasteiger charge is -2.10. The van der Waals surface area contributed by atoms with Gasteiger partial charge in [-0.2, -0.15) is 0 Å². The van der Waals surface area contributed by atoms with Crippen LogP contribution in [-0.2, 0) is 14.1 Å². The van der Waals surface area contributed by atoms with Crippen molar-refractivity contribution in [2.45, 2.75) is 5.03 Å². The summed E-state index contributed by atoms with van der Waals surface area (Å²) < 4.78 is 2.26. The van der Waals surface area contributed by atoms with Gasteiger partial charge in [0.25, 0.3) is 11.2 Å². The van der Waals surface area contributed by atoms with E-state index in [4.69, 9.17) is 0 Å². The Morgan fingerprint density at radius 3 is 2.52 bits per heavy atom. The molecule has 0 saturated carbocycles. The molecule has 0 atom stereocenters. The van der Waals surface area contributed by atoms with Crippen LogP contribution >= 0.6 is 11.8 Å². The fourth-order valence-corrected chi connectivity index (χ4v) is 3.02. The number of nitro benzene ring substituents is 1. The number of rotatable bonds is 3. The zero-order valence-corrected chi connectivity index (χ0v) is 14.4. The van der Waals surface area contributed by atoms with Crippen molar-refractivity contribution in [1.29, 1.82) is 0 Å². The Bertz CT molecular complexity index is 1140. The predicted octanol–water partition coefficient (Wildman–Crippen LogP) is 1.32. The molecule has 128 valence electrons. The second kappa shape index (κ2) is 6.13. The molecule has 0 aliphatic carbocycles. The number of hydrogen-bond acceptors (Lipinski definition) is 7. The lowest BCUT2D eigenvalue weighted by Crippen LogP contribution is -2.37. The summed E-state index contributed by atoms with van der Waals surface area (Å²) in [4.78, 5) is 43.7. The highest BCUT2D eigenvalue weighted by Crippen LogP contribution is 2.26. The zero-order chi connectivity index (χ0) is 18.3. The van der Waals surface area contributed by atoms with Crippen LogP contribution in [0.2, 0.25) is 0 Å². The summed E-state index contributed by atoms with van der Waals surface area (Å²) in [5, 5.41) is 11.6. The van der Waals surface area contributed by atoms with Crippen LogP contribution in [0.25, 0.3) is 22.4 Å². The van der Waals surface area contributed by atoms with Crippen molar-refractivity contribution in [2.24, 2.45) is 14.1 Å². The van der Waals surface area contributed by atoms with E-state index in [-0.39, 0.29) is 22.5 Å². The average molecular weight is 359 g/mol. The van der Waals surface area contributed by atoms with Crippen LogP contribution in [-0.4, -0.2) is 30.3 Å². The van der Waals surface area contributed by atoms with Gasteiger partial charge in [-0.15, -0.1) is 11.8 Å². The number of non-ortho nitro benzene ring substituents is 1. The van der Waals surface area contributed by atoms with Crippen molar-refractivity contribution in [3.8, 4) is 11.4 Å². The lowest BCUT2D eigenvalue weighted by atomic mass is 10.2. The second-order valence-corrected chi connectivity index (χ2v) is 6.06. The molecule has 0 N–H and O–H groups in total. The Labute approximate surface area is 145 Å². The molecule has 0 bridgehead atoms. The van der Waals surface area contributed by atoms with Gasteiger partial charge < -0.3 is 0 Å². The monoisotopic (exact) mass is 359 g/mol. The summed E-state index contributed by atoms with van der Waals surface area (Å²) >= 11 is 1.24. The molecule has 0 aliphatic heterocycles. The maximum atomic E-state index is 12.4. The van der Waals surface area contributed by atoms with Crippen LogP contribution in [0.5, 0.6) is 0 Å². The third-order valence-electron chi connectivity index (χ3n) is 3.78. The molecule has 25 heavy (non-hydrogen) atoms. The minimum atomic E-state index is -0.508. The fourth-order valence-electron chi connectivity index (χ4n) is 2.46. The van der Waals surface area contributed by atoms with E-state index < -0.39 is 16.2 Å². The van der Waals surface area contributed by atoms with Gasteiger partial charge in [0.05, 0.1) is 4.92 Å². The van der Waals surface area contributed by atoms with Crippen molar-refractivity contribution >= 4 is 28.5 Å². The molecule has 3 rings (SSSR count). The molecule has 2 heterocycles. The molecule has 10 heteroatoms. The predicted molar refractivity (Wildman–Crippen MR) is 93.9 cm³/mol. The normalized spacial score (nSPS) is 11.0. The van der Waals surface area contributed by atoms with E-state index in [1.165, 1.54) is 48.6 Å². The van der Waals surface area contributed by atoms with Gasteiger partial charge in [0.1, 0.15) is 10.4 Å². The molecule has 0 saturated heterocycles. The van der Waals surface area contributed by atoms with E-state index in [0.29, 0.717) is 10.6 Å². The number of nitro groups is 1. The zero-order valence-electron chi connectivity index (χ0n) is 13.6. The van der Waals surface area contributed by atoms with Crippen LogP contribution in [0.15, 0.2) is 38.9 Å². The molecule has 0 spiro atoms. The maximum Gasteiger partial charge on any atom is 0.332 e. The Hall–Kier alpha value is -3.01. The van der Waals surface area contributed by atoms with E-state index >= 15 is 0 Å². The Balaban J connectivity index is 2.40. The molecular formula is C15H13N5O4S. The van der Waals surface area contributed by atoms with Crippen molar-refractivity contribution in [3.05, 3.63) is 55.2 Å². The first-order valence-electron chi connectivity index (χ1n) is 7.11. The maximum absolute atomic E-state index is 12.4. The van der Waals surface area contributed by atoms with Crippen LogP contribution < -0.4 is 11.2 Å². The van der Waals surface area contributed by atoms with Gasteiger partial charge in [-0.05, 0) is 6.26 Å². The summed E-state index contributed by atoms with van der Waals surface area (Å²) in [6.45, 7) is 0. The van der Waals surface area contributed by atoms with Crippen LogP contribution in [0.1, 0.15) is 0 Å². The van der Waals surface area contributed by atoms with Gasteiger partial charge in [0, 0.05) is 31.8 Å². The highest BCUT2D eigenvalue weighted by molar-refractivity contribution is 7.98. The molecule has 0 fully saturated rings. The summed E-state index contributed by atoms with van der Waals surface area (Å²) in [5.74, 6) is 0.212. The summed E-state index contributed by atoms with van der Waals surface area (Å²) in [5.41, 5.74) is -0.459. The molecule has 0 radical (unpaired) electrons. The van der Waals surface area contributed by atoms with Crippen molar-refractivity contribution in [2.75, 3.05) is 6.26 Å². The number of fused-ring (bicyclic) bond motifs is 1. The van der Waals surface area contributed by atoms with E-state index in [1.54, 1.807) is 12.3 Å². The Morgan fingerprint density at radius 2 is 1.88 bits per heavy atom. The van der Waals surface area contributed by atoms with Gasteiger partial charge in [-0.1, -0.05) is 12.1 Å². The third kappa shape index (κ3) is 2.70. The SMILES string of the molecule is CSc1nc(-c2cccc([N+](=O)[O-])c2)nc2c1c(=O)n(C)c(=O)n2C. The lowest BCUT2D eigenvalue weighted by molar-refractivity contribution is -0.384. The van der Waals surface area contributed by atoms with E-state index in [9.17, 15) is 19.7 Å². The second-order valence-electron chi connectivity index (χ2n) is 5.27. The van der Waals surface area contributed by atoms with Crippen LogP contribution in [0.3, 0.4) is 0 Å². The minimum Gasteiger partial charge on any atom is -0.280 e. The van der Waals surface area contributed by atoms with E-state index in [1.807, 2.05) is 0 Å². The molecular weight excluding hydrogens is 346 g/mol. The van der Waals surface area contributed by atoms with E-state index in [0.717, 1.165) is 4.57 Å². The number of hydrogen-bond donors (Lipinski definition) is 0. The highest BCUT2D eigenvalue weighted by atomic mass is 32.2. The number of aryl methyl sites for hydroxylation is 1. The van der Waals surface area contributed by atoms with Crippen LogP contribution in [0, 0.1) is 10.1 Å². The molecule has 2 aromatic heterocycles. The smallest absolute Gasteiger partial charge is 0.280 e. The first-order valence-corrected chi connectivity index (χ1v) is 8.34. The average Bonchev–Trinajstić information content (AvgIpc) is 2.63. The molecule has 1 aromatic carbocycles. The first-order chi connectivity index (χ1) is 11.8. The standard InChI is InChI=1S/C15H13N5O4S/c1-18-12-10(14(21)19(2)15(18)22)13(25-3)17-11(16-12)8-5-4-6-9(7-8)20(23)24/h4-7H,1-3H3. The van der Waals surface area contributed by atoms with Gasteiger partial charge in [-0.25, -0.2) is 14.8 Å². The van der Waals surface area contributed by atoms with Crippen molar-refractivity contribution in [1.82, 2.24) is 19.1 Å². The van der Waals surface area contributed by atoms with Gasteiger partial charge in [-0.3, -0.25) is 24.0 Å². The quantitative estimate of drug-likeness (QED) is 0.300. The van der Waals surface area contributed by atoms with Gasteiger partial charge >= 0.3 is 5.69 Å². The summed E-state index contributed by atoms with van der Waals surface area (Å²) in [6, 6.07) is 5.89. The number of thioether (sulfide) groups is 1.